The molecule has 28 heavy (non-hydrogen) atoms. The first-order chi connectivity index (χ1) is 13.5. The minimum Gasteiger partial charge on any atom is -0.504 e. The number of nitrogens with zero attached hydrogens (tertiary/aromatic N) is 3. The van der Waals surface area contributed by atoms with Gasteiger partial charge < -0.3 is 14.9 Å². The summed E-state index contributed by atoms with van der Waals surface area (Å²) < 4.78 is 0. The van der Waals surface area contributed by atoms with Crippen molar-refractivity contribution in [2.45, 2.75) is 26.3 Å². The van der Waals surface area contributed by atoms with Crippen LogP contribution in [0.3, 0.4) is 0 Å². The van der Waals surface area contributed by atoms with Crippen LogP contribution in [0.2, 0.25) is 5.02 Å². The molecule has 2 aliphatic rings. The largest absolute Gasteiger partial charge is 0.504 e. The lowest BCUT2D eigenvalue weighted by Gasteiger charge is -2.39. The van der Waals surface area contributed by atoms with E-state index in [4.69, 9.17) is 11.6 Å². The van der Waals surface area contributed by atoms with Gasteiger partial charge in [0.1, 0.15) is 11.5 Å². The molecule has 0 atom stereocenters. The number of aliphatic hydroxyl groups excluding tert-OH is 1. The zero-order valence-electron chi connectivity index (χ0n) is 16.1. The monoisotopic (exact) mass is 393 g/mol. The second-order valence-electron chi connectivity index (χ2n) is 7.37. The zero-order chi connectivity index (χ0) is 19.7. The first kappa shape index (κ1) is 18.6. The van der Waals surface area contributed by atoms with E-state index in [1.54, 1.807) is 6.20 Å². The van der Waals surface area contributed by atoms with Crippen molar-refractivity contribution in [1.82, 2.24) is 9.80 Å². The summed E-state index contributed by atoms with van der Waals surface area (Å²) in [6.45, 7) is 6.02. The predicted molar refractivity (Wildman–Crippen MR) is 115 cm³/mol. The van der Waals surface area contributed by atoms with Crippen LogP contribution >= 0.6 is 11.6 Å². The van der Waals surface area contributed by atoms with Crippen molar-refractivity contribution in [3.63, 3.8) is 0 Å². The first-order valence-corrected chi connectivity index (χ1v) is 9.96. The maximum Gasteiger partial charge on any atom is 0.159 e. The highest BCUT2D eigenvalue weighted by Gasteiger charge is 2.28. The first-order valence-electron chi connectivity index (χ1n) is 9.58. The third-order valence-electron chi connectivity index (χ3n) is 5.26. The Morgan fingerprint density at radius 1 is 1.04 bits per heavy atom. The molecule has 0 aromatic heterocycles. The van der Waals surface area contributed by atoms with E-state index in [-0.39, 0.29) is 5.76 Å². The standard InChI is InChI=1S/C23H24ClN3O/c1-16(2)26-11-12-27-21(15-26)22(28)14-25-23(27)13-17-7-3-4-8-18(17)19-9-5-6-10-20(19)24/h3-10,14-16,28H,11-13H2,1-2H3. The Balaban J connectivity index is 1.68. The lowest BCUT2D eigenvalue weighted by molar-refractivity contribution is 0.242. The summed E-state index contributed by atoms with van der Waals surface area (Å²) in [6, 6.07) is 16.6. The van der Waals surface area contributed by atoms with Crippen LogP contribution in [0, 0.1) is 0 Å². The number of aliphatic imine (C=N–C) groups is 1. The van der Waals surface area contributed by atoms with Crippen LogP contribution in [-0.4, -0.2) is 39.9 Å². The van der Waals surface area contributed by atoms with Crippen LogP contribution in [0.5, 0.6) is 0 Å². The Morgan fingerprint density at radius 2 is 1.75 bits per heavy atom. The average Bonchev–Trinajstić information content (AvgIpc) is 2.71. The molecular weight excluding hydrogens is 370 g/mol. The zero-order valence-corrected chi connectivity index (χ0v) is 16.9. The minimum atomic E-state index is 0.216. The Morgan fingerprint density at radius 3 is 2.50 bits per heavy atom. The fourth-order valence-electron chi connectivity index (χ4n) is 3.71. The predicted octanol–water partition coefficient (Wildman–Crippen LogP) is 5.23. The molecule has 2 aromatic rings. The number of benzene rings is 2. The molecule has 2 heterocycles. The quantitative estimate of drug-likeness (QED) is 0.773. The van der Waals surface area contributed by atoms with Gasteiger partial charge in [0.05, 0.1) is 6.20 Å². The van der Waals surface area contributed by atoms with E-state index in [1.807, 2.05) is 42.6 Å². The molecule has 0 aliphatic carbocycles. The third-order valence-corrected chi connectivity index (χ3v) is 5.59. The van der Waals surface area contributed by atoms with Crippen LogP contribution in [0.1, 0.15) is 19.4 Å². The molecule has 0 bridgehead atoms. The Kier molecular flexibility index (Phi) is 5.14. The van der Waals surface area contributed by atoms with E-state index in [9.17, 15) is 5.11 Å². The van der Waals surface area contributed by atoms with Gasteiger partial charge >= 0.3 is 0 Å². The summed E-state index contributed by atoms with van der Waals surface area (Å²) in [5.74, 6) is 1.15. The number of aliphatic hydroxyl groups is 1. The molecule has 2 aliphatic heterocycles. The summed E-state index contributed by atoms with van der Waals surface area (Å²) in [6.07, 6.45) is 4.26. The van der Waals surface area contributed by atoms with Crippen molar-refractivity contribution in [2.24, 2.45) is 4.99 Å². The van der Waals surface area contributed by atoms with Crippen LogP contribution in [0.4, 0.5) is 0 Å². The molecule has 0 amide bonds. The van der Waals surface area contributed by atoms with Crippen LogP contribution in [0.25, 0.3) is 11.1 Å². The lowest BCUT2D eigenvalue weighted by Crippen LogP contribution is -2.45. The molecule has 1 N–H and O–H groups in total. The second kappa shape index (κ2) is 7.72. The fraction of sp³-hybridized carbons (Fsp3) is 0.261. The molecule has 0 saturated carbocycles. The van der Waals surface area contributed by atoms with Gasteiger partial charge in [-0.1, -0.05) is 54.1 Å². The van der Waals surface area contributed by atoms with Gasteiger partial charge in [-0.25, -0.2) is 4.99 Å². The topological polar surface area (TPSA) is 39.1 Å². The smallest absolute Gasteiger partial charge is 0.159 e. The minimum absolute atomic E-state index is 0.216. The number of fused-ring (bicyclic) bond motifs is 1. The summed E-state index contributed by atoms with van der Waals surface area (Å²) >= 11 is 6.45. The molecule has 5 heteroatoms. The van der Waals surface area contributed by atoms with Gasteiger partial charge in [-0.2, -0.15) is 0 Å². The molecule has 144 valence electrons. The summed E-state index contributed by atoms with van der Waals surface area (Å²) in [4.78, 5) is 8.92. The lowest BCUT2D eigenvalue weighted by atomic mass is 9.96. The summed E-state index contributed by atoms with van der Waals surface area (Å²) in [5, 5.41) is 11.1. The Hall–Kier alpha value is -2.72. The SMILES string of the molecule is CC(C)N1C=C2C(O)=CN=C(Cc3ccccc3-c3ccccc3Cl)N2CC1. The van der Waals surface area contributed by atoms with E-state index in [2.05, 4.69) is 40.8 Å². The van der Waals surface area contributed by atoms with Crippen molar-refractivity contribution >= 4 is 17.4 Å². The number of hydrogen-bond acceptors (Lipinski definition) is 4. The van der Waals surface area contributed by atoms with Gasteiger partial charge in [-0.3, -0.25) is 0 Å². The Bertz CT molecular complexity index is 977. The van der Waals surface area contributed by atoms with Gasteiger partial charge in [-0.05, 0) is 31.0 Å². The maximum absolute atomic E-state index is 10.4. The van der Waals surface area contributed by atoms with E-state index in [1.165, 1.54) is 0 Å². The average molecular weight is 394 g/mol. The van der Waals surface area contributed by atoms with Gasteiger partial charge in [0.2, 0.25) is 0 Å². The van der Waals surface area contributed by atoms with Crippen LogP contribution in [0.15, 0.2) is 77.4 Å². The molecule has 2 aromatic carbocycles. The van der Waals surface area contributed by atoms with Gasteiger partial charge in [-0.15, -0.1) is 0 Å². The number of amidine groups is 1. The van der Waals surface area contributed by atoms with Gasteiger partial charge in [0.25, 0.3) is 0 Å². The molecular formula is C23H24ClN3O. The third kappa shape index (κ3) is 3.52. The highest BCUT2D eigenvalue weighted by molar-refractivity contribution is 6.33. The second-order valence-corrected chi connectivity index (χ2v) is 7.78. The number of rotatable bonds is 4. The molecule has 0 spiro atoms. The molecule has 4 nitrogen and oxygen atoms in total. The number of halogens is 1. The van der Waals surface area contributed by atoms with Crippen molar-refractivity contribution < 1.29 is 5.11 Å². The van der Waals surface area contributed by atoms with Crippen molar-refractivity contribution in [3.05, 3.63) is 83.0 Å². The Labute approximate surface area is 171 Å². The van der Waals surface area contributed by atoms with E-state index < -0.39 is 0 Å². The maximum atomic E-state index is 10.4. The van der Waals surface area contributed by atoms with E-state index in [0.717, 1.165) is 46.3 Å². The van der Waals surface area contributed by atoms with Gasteiger partial charge in [0.15, 0.2) is 5.76 Å². The molecule has 0 radical (unpaired) electrons. The fourth-order valence-corrected chi connectivity index (χ4v) is 3.94. The van der Waals surface area contributed by atoms with Crippen molar-refractivity contribution in [2.75, 3.05) is 13.1 Å². The van der Waals surface area contributed by atoms with Crippen LogP contribution in [-0.2, 0) is 6.42 Å². The molecule has 0 saturated heterocycles. The summed E-state index contributed by atoms with van der Waals surface area (Å²) in [7, 11) is 0. The van der Waals surface area contributed by atoms with Gasteiger partial charge in [0, 0.05) is 42.3 Å². The van der Waals surface area contributed by atoms with E-state index in [0.29, 0.717) is 12.5 Å². The molecule has 0 unspecified atom stereocenters. The van der Waals surface area contributed by atoms with Crippen LogP contribution < -0.4 is 0 Å². The highest BCUT2D eigenvalue weighted by atomic mass is 35.5. The van der Waals surface area contributed by atoms with Crippen molar-refractivity contribution in [3.8, 4) is 11.1 Å². The highest BCUT2D eigenvalue weighted by Crippen LogP contribution is 2.32. The molecule has 0 fully saturated rings. The normalized spacial score (nSPS) is 16.5. The molecule has 4 rings (SSSR count). The van der Waals surface area contributed by atoms with E-state index >= 15 is 0 Å². The number of hydrogen-bond donors (Lipinski definition) is 1. The van der Waals surface area contributed by atoms with Crippen molar-refractivity contribution in [1.29, 1.82) is 0 Å². The summed E-state index contributed by atoms with van der Waals surface area (Å²) in [5.41, 5.74) is 4.12.